The summed E-state index contributed by atoms with van der Waals surface area (Å²) >= 11 is 0. The van der Waals surface area contributed by atoms with Crippen LogP contribution in [-0.4, -0.2) is 40.1 Å². The molecule has 190 valence electrons. The van der Waals surface area contributed by atoms with Crippen LogP contribution in [-0.2, 0) is 30.9 Å². The van der Waals surface area contributed by atoms with Gasteiger partial charge in [0.1, 0.15) is 5.82 Å². The van der Waals surface area contributed by atoms with E-state index in [2.05, 4.69) is 67.1 Å². The number of anilines is 1. The molecule has 1 unspecified atom stereocenters. The van der Waals surface area contributed by atoms with Crippen LogP contribution in [0.1, 0.15) is 82.1 Å². The third kappa shape index (κ3) is 5.42. The lowest BCUT2D eigenvalue weighted by molar-refractivity contribution is -0.113. The van der Waals surface area contributed by atoms with E-state index >= 15 is 4.39 Å². The van der Waals surface area contributed by atoms with Crippen LogP contribution < -0.4 is 5.32 Å². The molecule has 0 aliphatic carbocycles. The molecule has 3 heterocycles. The van der Waals surface area contributed by atoms with Gasteiger partial charge in [-0.1, -0.05) is 31.2 Å². The van der Waals surface area contributed by atoms with Crippen LogP contribution in [0.15, 0.2) is 36.4 Å². The topological polar surface area (TPSA) is 27.7 Å². The minimum absolute atomic E-state index is 0.0162. The van der Waals surface area contributed by atoms with Crippen molar-refractivity contribution in [3.8, 4) is 0 Å². The van der Waals surface area contributed by atoms with E-state index in [0.29, 0.717) is 12.6 Å². The smallest absolute Gasteiger partial charge is 0.128 e. The molecule has 5 heteroatoms. The van der Waals surface area contributed by atoms with Crippen molar-refractivity contribution in [2.45, 2.75) is 103 Å². The van der Waals surface area contributed by atoms with Crippen LogP contribution >= 0.6 is 0 Å². The van der Waals surface area contributed by atoms with Gasteiger partial charge in [-0.25, -0.2) is 4.39 Å². The van der Waals surface area contributed by atoms with E-state index in [0.717, 1.165) is 75.2 Å². The lowest BCUT2D eigenvalue weighted by Gasteiger charge is -2.40. The summed E-state index contributed by atoms with van der Waals surface area (Å²) in [5.74, 6) is -0.113. The Balaban J connectivity index is 1.16. The van der Waals surface area contributed by atoms with E-state index < -0.39 is 0 Å². The number of hydrogen-bond donors (Lipinski definition) is 1. The summed E-state index contributed by atoms with van der Waals surface area (Å²) in [5.41, 5.74) is 5.76. The highest BCUT2D eigenvalue weighted by Gasteiger charge is 2.45. The van der Waals surface area contributed by atoms with Gasteiger partial charge in [0, 0.05) is 56.6 Å². The number of nitrogens with one attached hydrogen (secondary N) is 1. The Morgan fingerprint density at radius 2 is 1.86 bits per heavy atom. The number of likely N-dealkylation sites (tertiary alicyclic amines) is 1. The Kier molecular flexibility index (Phi) is 6.95. The predicted octanol–water partition coefficient (Wildman–Crippen LogP) is 6.48. The predicted molar refractivity (Wildman–Crippen MR) is 141 cm³/mol. The molecular weight excluding hydrogens is 437 g/mol. The summed E-state index contributed by atoms with van der Waals surface area (Å²) in [6.45, 7) is 14.3. The van der Waals surface area contributed by atoms with Gasteiger partial charge in [0.05, 0.1) is 11.2 Å². The molecule has 2 fully saturated rings. The van der Waals surface area contributed by atoms with E-state index in [4.69, 9.17) is 4.74 Å². The van der Waals surface area contributed by atoms with Crippen LogP contribution in [0.5, 0.6) is 0 Å². The molecule has 0 amide bonds. The molecule has 5 rings (SSSR count). The zero-order valence-corrected chi connectivity index (χ0v) is 22.0. The van der Waals surface area contributed by atoms with E-state index in [1.54, 1.807) is 6.07 Å². The highest BCUT2D eigenvalue weighted by atomic mass is 19.1. The van der Waals surface area contributed by atoms with E-state index in [9.17, 15) is 0 Å². The van der Waals surface area contributed by atoms with Crippen molar-refractivity contribution in [1.82, 2.24) is 9.80 Å². The van der Waals surface area contributed by atoms with Gasteiger partial charge in [-0.15, -0.1) is 0 Å². The van der Waals surface area contributed by atoms with Crippen LogP contribution in [0.2, 0.25) is 0 Å². The molecule has 0 radical (unpaired) electrons. The highest BCUT2D eigenvalue weighted by molar-refractivity contribution is 5.56. The van der Waals surface area contributed by atoms with Crippen LogP contribution in [0, 0.1) is 5.82 Å². The lowest BCUT2D eigenvalue weighted by atomic mass is 9.88. The third-order valence-electron chi connectivity index (χ3n) is 8.66. The first-order valence-electron chi connectivity index (χ1n) is 13.5. The molecule has 1 spiro atoms. The Morgan fingerprint density at radius 1 is 1.06 bits per heavy atom. The average molecular weight is 480 g/mol. The van der Waals surface area contributed by atoms with Crippen LogP contribution in [0.25, 0.3) is 0 Å². The third-order valence-corrected chi connectivity index (χ3v) is 8.66. The molecule has 0 aromatic heterocycles. The Bertz CT molecular complexity index is 1040. The SMILES string of the molecule is CCC(C)N1Cc2cccc(NCc3ccc(CN4CCC5(CC4)CCC(C)(C)O5)cc3F)c2C1. The first-order valence-corrected chi connectivity index (χ1v) is 13.5. The van der Waals surface area contributed by atoms with Crippen LogP contribution in [0.4, 0.5) is 10.1 Å². The molecule has 1 N–H and O–H groups in total. The Morgan fingerprint density at radius 3 is 2.54 bits per heavy atom. The fraction of sp³-hybridized carbons (Fsp3) is 0.600. The number of ether oxygens (including phenoxy) is 1. The normalized spacial score (nSPS) is 22.4. The number of halogens is 1. The molecule has 3 aliphatic rings. The fourth-order valence-electron chi connectivity index (χ4n) is 6.15. The first-order chi connectivity index (χ1) is 16.8. The van der Waals surface area contributed by atoms with E-state index in [-0.39, 0.29) is 17.0 Å². The number of hydrogen-bond acceptors (Lipinski definition) is 4. The second-order valence-corrected chi connectivity index (χ2v) is 11.7. The standard InChI is InChI=1S/C30H42FN3O/c1-5-22(2)34-20-25-7-6-8-28(26(25)21-34)32-18-24-10-9-23(17-27(24)31)19-33-15-13-30(14-16-33)12-11-29(3,4)35-30/h6-10,17,22,32H,5,11-16,18-21H2,1-4H3. The minimum atomic E-state index is -0.113. The maximum absolute atomic E-state index is 15.0. The molecule has 0 saturated carbocycles. The van der Waals surface area contributed by atoms with Gasteiger partial charge >= 0.3 is 0 Å². The van der Waals surface area contributed by atoms with Gasteiger partial charge in [0.2, 0.25) is 0 Å². The van der Waals surface area contributed by atoms with Gasteiger partial charge < -0.3 is 10.1 Å². The molecule has 3 aliphatic heterocycles. The Labute approximate surface area is 210 Å². The van der Waals surface area contributed by atoms with Crippen LogP contribution in [0.3, 0.4) is 0 Å². The van der Waals surface area contributed by atoms with Crippen molar-refractivity contribution in [3.05, 3.63) is 64.5 Å². The number of fused-ring (bicyclic) bond motifs is 1. The second-order valence-electron chi connectivity index (χ2n) is 11.7. The molecule has 4 nitrogen and oxygen atoms in total. The summed E-state index contributed by atoms with van der Waals surface area (Å²) in [6.07, 6.45) is 5.63. The first kappa shape index (κ1) is 24.7. The second kappa shape index (κ2) is 9.84. The lowest BCUT2D eigenvalue weighted by Crippen LogP contribution is -2.44. The maximum atomic E-state index is 15.0. The van der Waals surface area contributed by atoms with Crippen molar-refractivity contribution in [3.63, 3.8) is 0 Å². The number of nitrogens with zero attached hydrogens (tertiary/aromatic N) is 2. The summed E-state index contributed by atoms with van der Waals surface area (Å²) < 4.78 is 21.5. The largest absolute Gasteiger partial charge is 0.381 e. The molecule has 2 aromatic rings. The molecule has 2 aromatic carbocycles. The number of rotatable bonds is 7. The summed E-state index contributed by atoms with van der Waals surface area (Å²) in [7, 11) is 0. The van der Waals surface area contributed by atoms with Gasteiger partial charge in [-0.05, 0) is 81.7 Å². The van der Waals surface area contributed by atoms with Gasteiger partial charge in [-0.3, -0.25) is 9.80 Å². The molecule has 1 atom stereocenters. The van der Waals surface area contributed by atoms with E-state index in [1.807, 2.05) is 6.07 Å². The van der Waals surface area contributed by atoms with E-state index in [1.165, 1.54) is 17.5 Å². The Hall–Kier alpha value is -1.95. The number of piperidine rings is 1. The summed E-state index contributed by atoms with van der Waals surface area (Å²) in [4.78, 5) is 4.97. The number of benzene rings is 2. The van der Waals surface area contributed by atoms with Gasteiger partial charge in [-0.2, -0.15) is 0 Å². The molecule has 35 heavy (non-hydrogen) atoms. The van der Waals surface area contributed by atoms with Crippen molar-refractivity contribution < 1.29 is 9.13 Å². The monoisotopic (exact) mass is 479 g/mol. The zero-order valence-electron chi connectivity index (χ0n) is 22.0. The van der Waals surface area contributed by atoms with Crippen molar-refractivity contribution >= 4 is 5.69 Å². The fourth-order valence-corrected chi connectivity index (χ4v) is 6.15. The van der Waals surface area contributed by atoms with Crippen molar-refractivity contribution in [2.75, 3.05) is 18.4 Å². The molecule has 0 bridgehead atoms. The maximum Gasteiger partial charge on any atom is 0.128 e. The summed E-state index contributed by atoms with van der Waals surface area (Å²) in [5, 5.41) is 3.52. The minimum Gasteiger partial charge on any atom is -0.381 e. The molecular formula is C30H42FN3O. The molecule has 2 saturated heterocycles. The summed E-state index contributed by atoms with van der Waals surface area (Å²) in [6, 6.07) is 12.8. The van der Waals surface area contributed by atoms with Crippen molar-refractivity contribution in [2.24, 2.45) is 0 Å². The van der Waals surface area contributed by atoms with Gasteiger partial charge in [0.25, 0.3) is 0 Å². The quantitative estimate of drug-likeness (QED) is 0.492. The van der Waals surface area contributed by atoms with Gasteiger partial charge in [0.15, 0.2) is 0 Å². The highest BCUT2D eigenvalue weighted by Crippen LogP contribution is 2.43. The zero-order chi connectivity index (χ0) is 24.6. The van der Waals surface area contributed by atoms with Crippen molar-refractivity contribution in [1.29, 1.82) is 0 Å². The average Bonchev–Trinajstić information content (AvgIpc) is 3.41.